The third kappa shape index (κ3) is 5.64. The average Bonchev–Trinajstić information content (AvgIpc) is 2.71. The zero-order chi connectivity index (χ0) is 21.8. The number of nitrogens with zero attached hydrogens (tertiary/aromatic N) is 3. The lowest BCUT2D eigenvalue weighted by Gasteiger charge is -2.35. The first-order chi connectivity index (χ1) is 13.6. The molecule has 1 fully saturated rings. The molecule has 13 heteroatoms. The number of carbonyl (C=O) groups is 3. The van der Waals surface area contributed by atoms with Gasteiger partial charge in [-0.15, -0.1) is 0 Å². The predicted molar refractivity (Wildman–Crippen MR) is 104 cm³/mol. The first kappa shape index (κ1) is 23.0. The Morgan fingerprint density at radius 3 is 2.21 bits per heavy atom. The highest BCUT2D eigenvalue weighted by Crippen LogP contribution is 2.13. The van der Waals surface area contributed by atoms with Gasteiger partial charge >= 0.3 is 6.03 Å². The average molecular weight is 448 g/mol. The normalized spacial score (nSPS) is 16.2. The minimum absolute atomic E-state index is 0.0164. The molecule has 1 atom stereocenters. The van der Waals surface area contributed by atoms with E-state index in [1.54, 1.807) is 12.1 Å². The molecule has 4 amide bonds. The van der Waals surface area contributed by atoms with Crippen molar-refractivity contribution in [3.8, 4) is 0 Å². The second-order valence-corrected chi connectivity index (χ2v) is 8.50. The molecule has 3 N–H and O–H groups in total. The number of piperazine rings is 1. The van der Waals surface area contributed by atoms with E-state index in [9.17, 15) is 22.8 Å². The van der Waals surface area contributed by atoms with Gasteiger partial charge in [-0.1, -0.05) is 11.6 Å². The Bertz CT molecular complexity index is 870. The fourth-order valence-corrected chi connectivity index (χ4v) is 4.13. The minimum atomic E-state index is -3.99. The van der Waals surface area contributed by atoms with Crippen molar-refractivity contribution in [2.75, 3.05) is 33.2 Å². The number of carbonyl (C=O) groups excluding carboxylic acids is 3. The molecule has 1 saturated heterocycles. The second-order valence-electron chi connectivity index (χ2n) is 6.36. The molecule has 0 aromatic heterocycles. The number of urea groups is 1. The van der Waals surface area contributed by atoms with E-state index in [0.717, 1.165) is 9.21 Å². The summed E-state index contributed by atoms with van der Waals surface area (Å²) in [6.07, 6.45) is 0. The number of imide groups is 1. The van der Waals surface area contributed by atoms with Gasteiger partial charge in [0, 0.05) is 43.8 Å². The minimum Gasteiger partial charge on any atom is -0.322 e. The Morgan fingerprint density at radius 1 is 1.14 bits per heavy atom. The van der Waals surface area contributed by atoms with Crippen molar-refractivity contribution in [2.24, 2.45) is 0 Å². The van der Waals surface area contributed by atoms with Crippen LogP contribution >= 0.6 is 11.6 Å². The summed E-state index contributed by atoms with van der Waals surface area (Å²) in [6.45, 7) is 1.38. The molecular formula is C16H22ClN5O6S. The fourth-order valence-electron chi connectivity index (χ4n) is 2.65. The summed E-state index contributed by atoms with van der Waals surface area (Å²) in [5.41, 5.74) is 1.67. The van der Waals surface area contributed by atoms with E-state index >= 15 is 0 Å². The molecule has 0 aliphatic carbocycles. The number of nitrogens with one attached hydrogen (secondary N) is 2. The number of hydroxylamine groups is 1. The van der Waals surface area contributed by atoms with Crippen LogP contribution in [0.25, 0.3) is 0 Å². The van der Waals surface area contributed by atoms with Gasteiger partial charge in [0.1, 0.15) is 6.04 Å². The molecule has 2 rings (SSSR count). The number of benzene rings is 1. The summed E-state index contributed by atoms with van der Waals surface area (Å²) < 4.78 is 27.9. The van der Waals surface area contributed by atoms with Gasteiger partial charge in [-0.25, -0.2) is 10.3 Å². The predicted octanol–water partition coefficient (Wildman–Crippen LogP) is -0.122. The maximum atomic E-state index is 12.6. The van der Waals surface area contributed by atoms with Crippen molar-refractivity contribution in [1.29, 1.82) is 0 Å². The van der Waals surface area contributed by atoms with Gasteiger partial charge in [0.15, 0.2) is 0 Å². The van der Waals surface area contributed by atoms with Crippen molar-refractivity contribution < 1.29 is 28.0 Å². The molecule has 1 aliphatic heterocycles. The highest BCUT2D eigenvalue weighted by atomic mass is 35.5. The molecule has 160 valence electrons. The SMILES string of the molecule is C[C@@H](NS(=O)(=O)N1CCN(C(=O)N(C)C(=O)c2ccc(Cl)cc2)CC1)C(=O)NO. The van der Waals surface area contributed by atoms with Gasteiger partial charge in [-0.05, 0) is 31.2 Å². The molecule has 0 unspecified atom stereocenters. The van der Waals surface area contributed by atoms with Gasteiger partial charge in [0.2, 0.25) is 0 Å². The molecule has 0 spiro atoms. The highest BCUT2D eigenvalue weighted by molar-refractivity contribution is 7.87. The van der Waals surface area contributed by atoms with Crippen LogP contribution in [-0.2, 0) is 15.0 Å². The third-order valence-electron chi connectivity index (χ3n) is 4.36. The molecule has 1 heterocycles. The van der Waals surface area contributed by atoms with Crippen LogP contribution < -0.4 is 10.2 Å². The first-order valence-electron chi connectivity index (χ1n) is 8.60. The molecular weight excluding hydrogens is 426 g/mol. The van der Waals surface area contributed by atoms with Crippen LogP contribution in [0.1, 0.15) is 17.3 Å². The van der Waals surface area contributed by atoms with Crippen LogP contribution in [0, 0.1) is 0 Å². The van der Waals surface area contributed by atoms with E-state index in [4.69, 9.17) is 16.8 Å². The summed E-state index contributed by atoms with van der Waals surface area (Å²) in [5, 5.41) is 9.04. The van der Waals surface area contributed by atoms with E-state index in [1.807, 2.05) is 0 Å². The Labute approximate surface area is 173 Å². The maximum Gasteiger partial charge on any atom is 0.326 e. The second kappa shape index (κ2) is 9.50. The Kier molecular flexibility index (Phi) is 7.54. The van der Waals surface area contributed by atoms with Crippen LogP contribution in [0.15, 0.2) is 24.3 Å². The van der Waals surface area contributed by atoms with Crippen LogP contribution in [0.5, 0.6) is 0 Å². The van der Waals surface area contributed by atoms with Crippen LogP contribution in [0.3, 0.4) is 0 Å². The van der Waals surface area contributed by atoms with Crippen LogP contribution in [-0.4, -0.2) is 84.8 Å². The van der Waals surface area contributed by atoms with Crippen LogP contribution in [0.2, 0.25) is 5.02 Å². The molecule has 0 bridgehead atoms. The lowest BCUT2D eigenvalue weighted by atomic mass is 10.2. The first-order valence-corrected chi connectivity index (χ1v) is 10.4. The number of amides is 4. The maximum absolute atomic E-state index is 12.6. The van der Waals surface area contributed by atoms with Gasteiger partial charge < -0.3 is 4.90 Å². The number of rotatable bonds is 5. The molecule has 29 heavy (non-hydrogen) atoms. The van der Waals surface area contributed by atoms with E-state index in [2.05, 4.69) is 4.72 Å². The number of hydrogen-bond acceptors (Lipinski definition) is 6. The van der Waals surface area contributed by atoms with Crippen molar-refractivity contribution in [3.05, 3.63) is 34.9 Å². The fraction of sp³-hybridized carbons (Fsp3) is 0.438. The topological polar surface area (TPSA) is 139 Å². The zero-order valence-electron chi connectivity index (χ0n) is 15.8. The molecule has 0 radical (unpaired) electrons. The van der Waals surface area contributed by atoms with E-state index in [-0.39, 0.29) is 26.2 Å². The van der Waals surface area contributed by atoms with Crippen LogP contribution in [0.4, 0.5) is 4.79 Å². The van der Waals surface area contributed by atoms with Gasteiger partial charge in [-0.3, -0.25) is 19.7 Å². The quantitative estimate of drug-likeness (QED) is 0.424. The lowest BCUT2D eigenvalue weighted by molar-refractivity contribution is -0.130. The van der Waals surface area contributed by atoms with E-state index < -0.39 is 34.1 Å². The van der Waals surface area contributed by atoms with Crippen molar-refractivity contribution >= 4 is 39.7 Å². The summed E-state index contributed by atoms with van der Waals surface area (Å²) in [6, 6.07) is 4.38. The smallest absolute Gasteiger partial charge is 0.322 e. The number of halogens is 1. The van der Waals surface area contributed by atoms with E-state index in [0.29, 0.717) is 10.6 Å². The summed E-state index contributed by atoms with van der Waals surface area (Å²) in [4.78, 5) is 38.6. The standard InChI is InChI=1S/C16H22ClN5O6S/c1-11(14(23)18-26)19-29(27,28)22-9-7-21(8-10-22)16(25)20(2)15(24)12-3-5-13(17)6-4-12/h3-6,11,19,26H,7-10H2,1-2H3,(H,18,23)/t11-/m1/s1. The number of hydrogen-bond donors (Lipinski definition) is 3. The molecule has 0 saturated carbocycles. The van der Waals surface area contributed by atoms with Crippen molar-refractivity contribution in [1.82, 2.24) is 24.3 Å². The summed E-state index contributed by atoms with van der Waals surface area (Å²) in [5.74, 6) is -1.41. The zero-order valence-corrected chi connectivity index (χ0v) is 17.4. The van der Waals surface area contributed by atoms with Crippen molar-refractivity contribution in [3.63, 3.8) is 0 Å². The van der Waals surface area contributed by atoms with Crippen molar-refractivity contribution in [2.45, 2.75) is 13.0 Å². The monoisotopic (exact) mass is 447 g/mol. The Hall–Kier alpha value is -2.25. The molecule has 1 aromatic carbocycles. The highest BCUT2D eigenvalue weighted by Gasteiger charge is 2.33. The lowest BCUT2D eigenvalue weighted by Crippen LogP contribution is -2.57. The Balaban J connectivity index is 1.95. The largest absolute Gasteiger partial charge is 0.326 e. The molecule has 1 aliphatic rings. The van der Waals surface area contributed by atoms with E-state index in [1.165, 1.54) is 36.5 Å². The van der Waals surface area contributed by atoms with Gasteiger partial charge in [-0.2, -0.15) is 17.4 Å². The summed E-state index contributed by atoms with van der Waals surface area (Å²) in [7, 11) is -2.64. The Morgan fingerprint density at radius 2 is 1.69 bits per heavy atom. The third-order valence-corrected chi connectivity index (χ3v) is 6.31. The molecule has 11 nitrogen and oxygen atoms in total. The van der Waals surface area contributed by atoms with Gasteiger partial charge in [0.05, 0.1) is 0 Å². The summed E-state index contributed by atoms with van der Waals surface area (Å²) >= 11 is 5.79. The van der Waals surface area contributed by atoms with Gasteiger partial charge in [0.25, 0.3) is 22.0 Å². The molecule has 1 aromatic rings.